The molecule has 1 aromatic rings. The second kappa shape index (κ2) is 7.05. The molecule has 0 aliphatic carbocycles. The minimum absolute atomic E-state index is 0.0419. The van der Waals surface area contributed by atoms with E-state index in [1.165, 1.54) is 12.8 Å². The summed E-state index contributed by atoms with van der Waals surface area (Å²) in [6, 6.07) is 3.66. The molecule has 3 rings (SSSR count). The number of rotatable bonds is 2. The van der Waals surface area contributed by atoms with Gasteiger partial charge < -0.3 is 9.64 Å². The van der Waals surface area contributed by atoms with Crippen LogP contribution in [0.2, 0.25) is 0 Å². The van der Waals surface area contributed by atoms with Crippen molar-refractivity contribution in [2.75, 3.05) is 25.0 Å². The zero-order valence-electron chi connectivity index (χ0n) is 14.9. The summed E-state index contributed by atoms with van der Waals surface area (Å²) in [6.07, 6.45) is 4.80. The SMILES string of the molecule is CC(C)(C)c1ccc(NC(=O)N2CCC([C@@H]3CCCO3)CC2)nn1. The highest BCUT2D eigenvalue weighted by atomic mass is 16.5. The number of carbonyl (C=O) groups is 1. The molecule has 0 radical (unpaired) electrons. The van der Waals surface area contributed by atoms with Crippen LogP contribution in [0.25, 0.3) is 0 Å². The first-order valence-corrected chi connectivity index (χ1v) is 8.95. The molecule has 6 heteroatoms. The van der Waals surface area contributed by atoms with Crippen LogP contribution in [0.1, 0.15) is 52.1 Å². The lowest BCUT2D eigenvalue weighted by atomic mass is 9.90. The molecule has 1 N–H and O–H groups in total. The smallest absolute Gasteiger partial charge is 0.323 e. The van der Waals surface area contributed by atoms with E-state index in [-0.39, 0.29) is 11.4 Å². The monoisotopic (exact) mass is 332 g/mol. The van der Waals surface area contributed by atoms with Gasteiger partial charge in [-0.15, -0.1) is 5.10 Å². The number of urea groups is 1. The zero-order chi connectivity index (χ0) is 17.2. The van der Waals surface area contributed by atoms with Crippen molar-refractivity contribution in [1.29, 1.82) is 0 Å². The highest BCUT2D eigenvalue weighted by molar-refractivity contribution is 5.88. The maximum Gasteiger partial charge on any atom is 0.323 e. The van der Waals surface area contributed by atoms with Crippen LogP contribution in [-0.2, 0) is 10.2 Å². The van der Waals surface area contributed by atoms with Crippen molar-refractivity contribution in [3.8, 4) is 0 Å². The number of nitrogens with one attached hydrogen (secondary N) is 1. The van der Waals surface area contributed by atoms with Crippen LogP contribution in [0, 0.1) is 5.92 Å². The van der Waals surface area contributed by atoms with Gasteiger partial charge in [0.05, 0.1) is 11.8 Å². The van der Waals surface area contributed by atoms with E-state index in [0.717, 1.165) is 38.2 Å². The fraction of sp³-hybridized carbons (Fsp3) is 0.722. The quantitative estimate of drug-likeness (QED) is 0.903. The number of carbonyl (C=O) groups excluding carboxylic acids is 1. The molecular formula is C18H28N4O2. The molecular weight excluding hydrogens is 304 g/mol. The van der Waals surface area contributed by atoms with Gasteiger partial charge in [0.15, 0.2) is 5.82 Å². The third kappa shape index (κ3) is 4.04. The van der Waals surface area contributed by atoms with Gasteiger partial charge in [0, 0.05) is 25.1 Å². The van der Waals surface area contributed by atoms with Gasteiger partial charge in [-0.25, -0.2) is 4.79 Å². The summed E-state index contributed by atoms with van der Waals surface area (Å²) in [4.78, 5) is 14.3. The van der Waals surface area contributed by atoms with Crippen LogP contribution in [0.3, 0.4) is 0 Å². The van der Waals surface area contributed by atoms with Gasteiger partial charge >= 0.3 is 6.03 Å². The Morgan fingerprint density at radius 2 is 1.96 bits per heavy atom. The largest absolute Gasteiger partial charge is 0.378 e. The van der Waals surface area contributed by atoms with Gasteiger partial charge in [-0.05, 0) is 43.7 Å². The predicted octanol–water partition coefficient (Wildman–Crippen LogP) is 3.20. The van der Waals surface area contributed by atoms with Gasteiger partial charge in [-0.3, -0.25) is 5.32 Å². The molecule has 6 nitrogen and oxygen atoms in total. The summed E-state index contributed by atoms with van der Waals surface area (Å²) in [5, 5.41) is 11.2. The second-order valence-corrected chi connectivity index (χ2v) is 7.86. The first kappa shape index (κ1) is 17.1. The molecule has 2 saturated heterocycles. The first-order chi connectivity index (χ1) is 11.4. The van der Waals surface area contributed by atoms with E-state index in [0.29, 0.717) is 17.8 Å². The Bertz CT molecular complexity index is 553. The van der Waals surface area contributed by atoms with E-state index in [1.54, 1.807) is 0 Å². The Labute approximate surface area is 144 Å². The molecule has 0 spiro atoms. The molecule has 0 unspecified atom stereocenters. The van der Waals surface area contributed by atoms with Crippen molar-refractivity contribution in [2.45, 2.75) is 58.0 Å². The summed E-state index contributed by atoms with van der Waals surface area (Å²) in [6.45, 7) is 8.73. The predicted molar refractivity (Wildman–Crippen MR) is 93.0 cm³/mol. The highest BCUT2D eigenvalue weighted by Crippen LogP contribution is 2.29. The Kier molecular flexibility index (Phi) is 5.04. The molecule has 1 atom stereocenters. The summed E-state index contributed by atoms with van der Waals surface area (Å²) in [5.41, 5.74) is 0.873. The average molecular weight is 332 g/mol. The Hall–Kier alpha value is -1.69. The minimum atomic E-state index is -0.0846. The van der Waals surface area contributed by atoms with Gasteiger partial charge in [-0.2, -0.15) is 5.10 Å². The van der Waals surface area contributed by atoms with Crippen LogP contribution < -0.4 is 5.32 Å². The third-order valence-electron chi connectivity index (χ3n) is 4.99. The van der Waals surface area contributed by atoms with Crippen LogP contribution >= 0.6 is 0 Å². The standard InChI is InChI=1S/C18H28N4O2/c1-18(2,3)15-6-7-16(21-20-15)19-17(23)22-10-8-13(9-11-22)14-5-4-12-24-14/h6-7,13-14H,4-5,8-12H2,1-3H3,(H,19,21,23)/t14-/m0/s1. The van der Waals surface area contributed by atoms with E-state index >= 15 is 0 Å². The lowest BCUT2D eigenvalue weighted by Gasteiger charge is -2.34. The number of hydrogen-bond acceptors (Lipinski definition) is 4. The third-order valence-corrected chi connectivity index (χ3v) is 4.99. The van der Waals surface area contributed by atoms with Crippen LogP contribution in [0.4, 0.5) is 10.6 Å². The minimum Gasteiger partial charge on any atom is -0.378 e. The van der Waals surface area contributed by atoms with Gasteiger partial charge in [0.1, 0.15) is 0 Å². The van der Waals surface area contributed by atoms with Crippen molar-refractivity contribution in [3.05, 3.63) is 17.8 Å². The van der Waals surface area contributed by atoms with Crippen LogP contribution in [0.5, 0.6) is 0 Å². The Morgan fingerprint density at radius 1 is 1.21 bits per heavy atom. The number of likely N-dealkylation sites (tertiary alicyclic amines) is 1. The van der Waals surface area contributed by atoms with E-state index in [2.05, 4.69) is 36.3 Å². The summed E-state index contributed by atoms with van der Waals surface area (Å²) in [5.74, 6) is 1.11. The lowest BCUT2D eigenvalue weighted by Crippen LogP contribution is -2.43. The van der Waals surface area contributed by atoms with Crippen molar-refractivity contribution < 1.29 is 9.53 Å². The first-order valence-electron chi connectivity index (χ1n) is 8.95. The van der Waals surface area contributed by atoms with E-state index in [4.69, 9.17) is 4.74 Å². The van der Waals surface area contributed by atoms with Crippen molar-refractivity contribution >= 4 is 11.8 Å². The molecule has 2 aliphatic rings. The van der Waals surface area contributed by atoms with E-state index in [9.17, 15) is 4.79 Å². The molecule has 3 heterocycles. The average Bonchev–Trinajstić information content (AvgIpc) is 3.09. The van der Waals surface area contributed by atoms with Gasteiger partial charge in [-0.1, -0.05) is 20.8 Å². The summed E-state index contributed by atoms with van der Waals surface area (Å²) >= 11 is 0. The lowest BCUT2D eigenvalue weighted by molar-refractivity contribution is 0.0382. The molecule has 132 valence electrons. The molecule has 1 aromatic heterocycles. The van der Waals surface area contributed by atoms with Crippen LogP contribution in [0.15, 0.2) is 12.1 Å². The fourth-order valence-corrected chi connectivity index (χ4v) is 3.44. The molecule has 2 aliphatic heterocycles. The Morgan fingerprint density at radius 3 is 2.50 bits per heavy atom. The van der Waals surface area contributed by atoms with E-state index in [1.807, 2.05) is 17.0 Å². The number of ether oxygens (including phenoxy) is 1. The number of amides is 2. The molecule has 0 bridgehead atoms. The normalized spacial score (nSPS) is 22.6. The van der Waals surface area contributed by atoms with Crippen molar-refractivity contribution in [3.63, 3.8) is 0 Å². The summed E-state index contributed by atoms with van der Waals surface area (Å²) in [7, 11) is 0. The number of anilines is 1. The molecule has 2 amide bonds. The molecule has 0 saturated carbocycles. The second-order valence-electron chi connectivity index (χ2n) is 7.86. The highest BCUT2D eigenvalue weighted by Gasteiger charge is 2.31. The summed E-state index contributed by atoms with van der Waals surface area (Å²) < 4.78 is 5.79. The van der Waals surface area contributed by atoms with Gasteiger partial charge in [0.25, 0.3) is 0 Å². The topological polar surface area (TPSA) is 67.4 Å². The Balaban J connectivity index is 1.50. The van der Waals surface area contributed by atoms with Crippen LogP contribution in [-0.4, -0.2) is 46.9 Å². The number of hydrogen-bond donors (Lipinski definition) is 1. The number of piperidine rings is 1. The van der Waals surface area contributed by atoms with Gasteiger partial charge in [0.2, 0.25) is 0 Å². The molecule has 24 heavy (non-hydrogen) atoms. The van der Waals surface area contributed by atoms with Crippen molar-refractivity contribution in [2.24, 2.45) is 5.92 Å². The maximum atomic E-state index is 12.4. The number of nitrogens with zero attached hydrogens (tertiary/aromatic N) is 3. The molecule has 0 aromatic carbocycles. The maximum absolute atomic E-state index is 12.4. The molecule has 2 fully saturated rings. The number of aromatic nitrogens is 2. The fourth-order valence-electron chi connectivity index (χ4n) is 3.44. The van der Waals surface area contributed by atoms with E-state index < -0.39 is 0 Å². The van der Waals surface area contributed by atoms with Crippen molar-refractivity contribution in [1.82, 2.24) is 15.1 Å². The zero-order valence-corrected chi connectivity index (χ0v) is 14.9.